The van der Waals surface area contributed by atoms with Crippen molar-refractivity contribution in [2.24, 2.45) is 11.7 Å². The van der Waals surface area contributed by atoms with Crippen LogP contribution in [0.15, 0.2) is 0 Å². The van der Waals surface area contributed by atoms with E-state index in [1.165, 1.54) is 0 Å². The van der Waals surface area contributed by atoms with Crippen molar-refractivity contribution in [1.29, 1.82) is 0 Å². The molecule has 0 rings (SSSR count). The van der Waals surface area contributed by atoms with E-state index in [2.05, 4.69) is 19.2 Å². The van der Waals surface area contributed by atoms with E-state index >= 15 is 0 Å². The van der Waals surface area contributed by atoms with Crippen molar-refractivity contribution in [3.05, 3.63) is 0 Å². The Balaban J connectivity index is 3.93. The molecule has 15 heavy (non-hydrogen) atoms. The first-order chi connectivity index (χ1) is 6.88. The predicted molar refractivity (Wildman–Crippen MR) is 63.6 cm³/mol. The van der Waals surface area contributed by atoms with Gasteiger partial charge in [-0.25, -0.2) is 0 Å². The number of carbonyl (C=O) groups excluding carboxylic acids is 1. The van der Waals surface area contributed by atoms with E-state index < -0.39 is 0 Å². The summed E-state index contributed by atoms with van der Waals surface area (Å²) >= 11 is 0. The lowest BCUT2D eigenvalue weighted by molar-refractivity contribution is -0.123. The molecular weight excluding hydrogens is 190 g/mol. The number of nitrogens with one attached hydrogen (secondary N) is 1. The smallest absolute Gasteiger partial charge is 0.234 e. The number of rotatable bonds is 6. The third kappa shape index (κ3) is 5.74. The standard InChI is InChI=1S/C11H25N3O/c1-8(2)10(4)13-11(15)7-14(5)9(3)6-12/h8-10H,6-7,12H2,1-5H3,(H,13,15). The molecular formula is C11H25N3O. The minimum Gasteiger partial charge on any atom is -0.352 e. The summed E-state index contributed by atoms with van der Waals surface area (Å²) in [6.45, 7) is 9.21. The molecule has 0 aliphatic rings. The highest BCUT2D eigenvalue weighted by Gasteiger charge is 2.14. The lowest BCUT2D eigenvalue weighted by atomic mass is 10.1. The van der Waals surface area contributed by atoms with Crippen LogP contribution >= 0.6 is 0 Å². The molecule has 3 N–H and O–H groups in total. The highest BCUT2D eigenvalue weighted by atomic mass is 16.2. The highest BCUT2D eigenvalue weighted by molar-refractivity contribution is 5.78. The summed E-state index contributed by atoms with van der Waals surface area (Å²) in [4.78, 5) is 13.6. The van der Waals surface area contributed by atoms with Crippen LogP contribution in [0.4, 0.5) is 0 Å². The van der Waals surface area contributed by atoms with Gasteiger partial charge in [0.2, 0.25) is 5.91 Å². The van der Waals surface area contributed by atoms with Gasteiger partial charge in [0.25, 0.3) is 0 Å². The Morgan fingerprint density at radius 1 is 1.33 bits per heavy atom. The van der Waals surface area contributed by atoms with Crippen LogP contribution in [0.3, 0.4) is 0 Å². The topological polar surface area (TPSA) is 58.4 Å². The molecule has 0 spiro atoms. The number of hydrogen-bond donors (Lipinski definition) is 2. The summed E-state index contributed by atoms with van der Waals surface area (Å²) in [5.74, 6) is 0.533. The molecule has 4 nitrogen and oxygen atoms in total. The van der Waals surface area contributed by atoms with Gasteiger partial charge in [-0.2, -0.15) is 0 Å². The number of carbonyl (C=O) groups is 1. The number of amides is 1. The minimum atomic E-state index is 0.0685. The van der Waals surface area contributed by atoms with Gasteiger partial charge in [0, 0.05) is 18.6 Å². The van der Waals surface area contributed by atoms with Crippen LogP contribution in [0.25, 0.3) is 0 Å². The van der Waals surface area contributed by atoms with Crippen LogP contribution < -0.4 is 11.1 Å². The first-order valence-corrected chi connectivity index (χ1v) is 5.58. The fourth-order valence-electron chi connectivity index (χ4n) is 1.03. The Bertz CT molecular complexity index is 194. The molecule has 2 atom stereocenters. The Labute approximate surface area is 93.2 Å². The highest BCUT2D eigenvalue weighted by Crippen LogP contribution is 2.00. The van der Waals surface area contributed by atoms with Gasteiger partial charge in [-0.1, -0.05) is 13.8 Å². The second-order valence-corrected chi connectivity index (χ2v) is 4.60. The summed E-state index contributed by atoms with van der Waals surface area (Å²) in [6, 6.07) is 0.462. The Morgan fingerprint density at radius 3 is 2.27 bits per heavy atom. The van der Waals surface area contributed by atoms with Crippen molar-refractivity contribution >= 4 is 5.91 Å². The van der Waals surface area contributed by atoms with Gasteiger partial charge in [-0.05, 0) is 26.8 Å². The zero-order valence-corrected chi connectivity index (χ0v) is 10.6. The molecule has 0 aliphatic heterocycles. The van der Waals surface area contributed by atoms with Crippen LogP contribution in [-0.2, 0) is 4.79 Å². The van der Waals surface area contributed by atoms with Crippen LogP contribution in [-0.4, -0.2) is 43.0 Å². The molecule has 0 fully saturated rings. The number of nitrogens with zero attached hydrogens (tertiary/aromatic N) is 1. The van der Waals surface area contributed by atoms with E-state index in [0.717, 1.165) is 0 Å². The predicted octanol–water partition coefficient (Wildman–Crippen LogP) is 0.426. The maximum atomic E-state index is 11.6. The van der Waals surface area contributed by atoms with Gasteiger partial charge >= 0.3 is 0 Å². The normalized spacial score (nSPS) is 15.5. The van der Waals surface area contributed by atoms with Gasteiger partial charge < -0.3 is 11.1 Å². The van der Waals surface area contributed by atoms with Gasteiger partial charge in [-0.3, -0.25) is 9.69 Å². The molecule has 0 aromatic rings. The molecule has 0 heterocycles. The largest absolute Gasteiger partial charge is 0.352 e. The van der Waals surface area contributed by atoms with Gasteiger partial charge in [0.05, 0.1) is 6.54 Å². The van der Waals surface area contributed by atoms with E-state index in [4.69, 9.17) is 5.73 Å². The van der Waals surface area contributed by atoms with Crippen molar-refractivity contribution in [1.82, 2.24) is 10.2 Å². The fraction of sp³-hybridized carbons (Fsp3) is 0.909. The average molecular weight is 215 g/mol. The van der Waals surface area contributed by atoms with Gasteiger partial charge in [0.15, 0.2) is 0 Å². The van der Waals surface area contributed by atoms with E-state index in [1.807, 2.05) is 25.8 Å². The molecule has 0 saturated carbocycles. The summed E-state index contributed by atoms with van der Waals surface area (Å²) in [5.41, 5.74) is 5.52. The van der Waals surface area contributed by atoms with E-state index in [-0.39, 0.29) is 18.0 Å². The Kier molecular flexibility index (Phi) is 6.52. The Morgan fingerprint density at radius 2 is 1.87 bits per heavy atom. The molecule has 1 amide bonds. The fourth-order valence-corrected chi connectivity index (χ4v) is 1.03. The Hall–Kier alpha value is -0.610. The summed E-state index contributed by atoms with van der Waals surface area (Å²) < 4.78 is 0. The third-order valence-corrected chi connectivity index (χ3v) is 2.88. The SMILES string of the molecule is CC(C)C(C)NC(=O)CN(C)C(C)CN. The lowest BCUT2D eigenvalue weighted by Crippen LogP contribution is -2.45. The van der Waals surface area contributed by atoms with Crippen molar-refractivity contribution in [2.45, 2.75) is 39.8 Å². The first-order valence-electron chi connectivity index (χ1n) is 5.58. The zero-order valence-electron chi connectivity index (χ0n) is 10.6. The molecule has 0 bridgehead atoms. The molecule has 2 unspecified atom stereocenters. The van der Waals surface area contributed by atoms with Crippen LogP contribution in [0.1, 0.15) is 27.7 Å². The average Bonchev–Trinajstić information content (AvgIpc) is 2.15. The van der Waals surface area contributed by atoms with Gasteiger partial charge in [-0.15, -0.1) is 0 Å². The molecule has 0 aliphatic carbocycles. The minimum absolute atomic E-state index is 0.0685. The second-order valence-electron chi connectivity index (χ2n) is 4.60. The monoisotopic (exact) mass is 215 g/mol. The van der Waals surface area contributed by atoms with Crippen LogP contribution in [0.5, 0.6) is 0 Å². The number of hydrogen-bond acceptors (Lipinski definition) is 3. The zero-order chi connectivity index (χ0) is 12.0. The quantitative estimate of drug-likeness (QED) is 0.675. The van der Waals surface area contributed by atoms with Crippen molar-refractivity contribution < 1.29 is 4.79 Å². The first kappa shape index (κ1) is 14.4. The van der Waals surface area contributed by atoms with E-state index in [0.29, 0.717) is 19.0 Å². The maximum absolute atomic E-state index is 11.6. The second kappa shape index (κ2) is 6.80. The molecule has 0 radical (unpaired) electrons. The van der Waals surface area contributed by atoms with Crippen LogP contribution in [0, 0.1) is 5.92 Å². The maximum Gasteiger partial charge on any atom is 0.234 e. The molecule has 90 valence electrons. The summed E-state index contributed by atoms with van der Waals surface area (Å²) in [7, 11) is 1.91. The van der Waals surface area contributed by atoms with E-state index in [9.17, 15) is 4.79 Å². The van der Waals surface area contributed by atoms with Gasteiger partial charge in [0.1, 0.15) is 0 Å². The van der Waals surface area contributed by atoms with E-state index in [1.54, 1.807) is 0 Å². The summed E-state index contributed by atoms with van der Waals surface area (Å²) in [5, 5.41) is 2.97. The van der Waals surface area contributed by atoms with Crippen molar-refractivity contribution in [2.75, 3.05) is 20.1 Å². The number of nitrogens with two attached hydrogens (primary N) is 1. The summed E-state index contributed by atoms with van der Waals surface area (Å²) in [6.07, 6.45) is 0. The molecule has 0 aromatic carbocycles. The molecule has 0 aromatic heterocycles. The molecule has 0 saturated heterocycles. The van der Waals surface area contributed by atoms with Crippen molar-refractivity contribution in [3.63, 3.8) is 0 Å². The third-order valence-electron chi connectivity index (χ3n) is 2.88. The number of likely N-dealkylation sites (N-methyl/N-ethyl adjacent to an activating group) is 1. The van der Waals surface area contributed by atoms with Crippen molar-refractivity contribution in [3.8, 4) is 0 Å². The van der Waals surface area contributed by atoms with Crippen LogP contribution in [0.2, 0.25) is 0 Å². The molecule has 4 heteroatoms. The lowest BCUT2D eigenvalue weighted by Gasteiger charge is -2.24.